The molecule has 0 aliphatic heterocycles. The van der Waals surface area contributed by atoms with E-state index < -0.39 is 0 Å². The highest BCUT2D eigenvalue weighted by molar-refractivity contribution is 7.12. The maximum atomic E-state index is 12.1. The summed E-state index contributed by atoms with van der Waals surface area (Å²) in [5, 5.41) is 9.96. The van der Waals surface area contributed by atoms with Gasteiger partial charge in [0.1, 0.15) is 17.4 Å². The molecule has 0 radical (unpaired) electrons. The molecule has 2 aromatic heterocycles. The standard InChI is InChI=1S/C16H14N4O2S/c1-4-12-10-23-15(20-16(21)19(3)17-18-20)13(12)9-22-14-8-6-5-7-11(14)2/h1,5-8,10H,9H2,2-3H3/i5T. The minimum Gasteiger partial charge on any atom is -0.488 e. The van der Waals surface area contributed by atoms with E-state index >= 15 is 0 Å². The Labute approximate surface area is 138 Å². The molecule has 3 aromatic rings. The molecule has 0 bridgehead atoms. The van der Waals surface area contributed by atoms with Crippen LogP contribution in [-0.4, -0.2) is 19.8 Å². The van der Waals surface area contributed by atoms with Crippen LogP contribution < -0.4 is 10.4 Å². The van der Waals surface area contributed by atoms with Crippen LogP contribution in [0.4, 0.5) is 0 Å². The molecular weight excluding hydrogens is 312 g/mol. The topological polar surface area (TPSA) is 61.9 Å². The summed E-state index contributed by atoms with van der Waals surface area (Å²) in [6.07, 6.45) is 5.55. The average molecular weight is 328 g/mol. The Balaban J connectivity index is 1.96. The number of aryl methyl sites for hydroxylation is 2. The lowest BCUT2D eigenvalue weighted by molar-refractivity contribution is 0.304. The average Bonchev–Trinajstić information content (AvgIpc) is 3.10. The minimum absolute atomic E-state index is 0.194. The predicted molar refractivity (Wildman–Crippen MR) is 87.9 cm³/mol. The molecule has 0 atom stereocenters. The fourth-order valence-electron chi connectivity index (χ4n) is 2.06. The summed E-state index contributed by atoms with van der Waals surface area (Å²) in [5.74, 6) is 3.27. The van der Waals surface area contributed by atoms with Gasteiger partial charge in [-0.2, -0.15) is 4.68 Å². The van der Waals surface area contributed by atoms with E-state index in [2.05, 4.69) is 16.3 Å². The second-order valence-electron chi connectivity index (χ2n) is 4.85. The van der Waals surface area contributed by atoms with Crippen LogP contribution in [0, 0.1) is 19.3 Å². The first kappa shape index (κ1) is 13.8. The molecule has 1 aromatic carbocycles. The number of para-hydroxylation sites is 1. The molecule has 2 heterocycles. The lowest BCUT2D eigenvalue weighted by Gasteiger charge is -2.09. The lowest BCUT2D eigenvalue weighted by Crippen LogP contribution is -2.22. The molecule has 6 nitrogen and oxygen atoms in total. The van der Waals surface area contributed by atoms with Gasteiger partial charge in [0.15, 0.2) is 0 Å². The first-order chi connectivity index (χ1) is 11.5. The zero-order valence-corrected chi connectivity index (χ0v) is 13.4. The third-order valence-electron chi connectivity index (χ3n) is 3.33. The summed E-state index contributed by atoms with van der Waals surface area (Å²) >= 11 is 1.32. The van der Waals surface area contributed by atoms with Crippen molar-refractivity contribution >= 4 is 11.3 Å². The van der Waals surface area contributed by atoms with Gasteiger partial charge in [-0.05, 0) is 29.0 Å². The van der Waals surface area contributed by atoms with Crippen LogP contribution in [0.15, 0.2) is 34.4 Å². The van der Waals surface area contributed by atoms with E-state index in [4.69, 9.17) is 12.5 Å². The Bertz CT molecular complexity index is 996. The third kappa shape index (κ3) is 2.76. The second kappa shape index (κ2) is 6.10. The molecule has 23 heavy (non-hydrogen) atoms. The maximum absolute atomic E-state index is 12.1. The van der Waals surface area contributed by atoms with E-state index in [-0.39, 0.29) is 12.3 Å². The number of hydrogen-bond donors (Lipinski definition) is 0. The molecule has 0 spiro atoms. The van der Waals surface area contributed by atoms with E-state index in [9.17, 15) is 4.79 Å². The highest BCUT2D eigenvalue weighted by atomic mass is 32.1. The molecule has 0 aliphatic rings. The van der Waals surface area contributed by atoms with Crippen molar-refractivity contribution in [3.63, 3.8) is 0 Å². The Morgan fingerprint density at radius 2 is 2.30 bits per heavy atom. The van der Waals surface area contributed by atoms with Crippen molar-refractivity contribution in [2.75, 3.05) is 0 Å². The fourth-order valence-corrected chi connectivity index (χ4v) is 3.03. The van der Waals surface area contributed by atoms with Crippen molar-refractivity contribution in [1.29, 1.82) is 0 Å². The van der Waals surface area contributed by atoms with Crippen LogP contribution in [0.3, 0.4) is 0 Å². The summed E-state index contributed by atoms with van der Waals surface area (Å²) in [4.78, 5) is 12.1. The summed E-state index contributed by atoms with van der Waals surface area (Å²) in [6, 6.07) is 5.55. The molecule has 0 aliphatic carbocycles. The van der Waals surface area contributed by atoms with Crippen molar-refractivity contribution in [3.8, 4) is 23.1 Å². The highest BCUT2D eigenvalue weighted by Gasteiger charge is 2.17. The summed E-state index contributed by atoms with van der Waals surface area (Å²) in [6.45, 7) is 2.07. The van der Waals surface area contributed by atoms with E-state index in [0.717, 1.165) is 10.2 Å². The Morgan fingerprint density at radius 3 is 2.96 bits per heavy atom. The van der Waals surface area contributed by atoms with Gasteiger partial charge in [0.25, 0.3) is 0 Å². The van der Waals surface area contributed by atoms with Crippen LogP contribution >= 0.6 is 11.3 Å². The van der Waals surface area contributed by atoms with Gasteiger partial charge in [0, 0.05) is 23.6 Å². The van der Waals surface area contributed by atoms with E-state index in [0.29, 0.717) is 27.9 Å². The molecule has 7 heteroatoms. The number of aromatic nitrogens is 4. The van der Waals surface area contributed by atoms with Crippen molar-refractivity contribution < 1.29 is 6.11 Å². The molecule has 116 valence electrons. The van der Waals surface area contributed by atoms with Crippen LogP contribution in [-0.2, 0) is 13.7 Å². The number of tetrazole rings is 1. The van der Waals surface area contributed by atoms with Gasteiger partial charge in [-0.3, -0.25) is 0 Å². The molecule has 0 N–H and O–H groups in total. The van der Waals surface area contributed by atoms with Crippen LogP contribution in [0.2, 0.25) is 0 Å². The predicted octanol–water partition coefficient (Wildman–Crippen LogP) is 1.90. The maximum Gasteiger partial charge on any atom is 0.368 e. The van der Waals surface area contributed by atoms with Crippen molar-refractivity contribution in [1.82, 2.24) is 19.8 Å². The monoisotopic (exact) mass is 328 g/mol. The van der Waals surface area contributed by atoms with Crippen molar-refractivity contribution in [3.05, 3.63) is 56.8 Å². The third-order valence-corrected chi connectivity index (χ3v) is 4.33. The number of ether oxygens (including phenoxy) is 1. The molecule has 0 amide bonds. The molecule has 0 saturated heterocycles. The number of nitrogens with zero attached hydrogens (tertiary/aromatic N) is 4. The zero-order chi connectivity index (χ0) is 17.3. The first-order valence-electron chi connectivity index (χ1n) is 7.27. The van der Waals surface area contributed by atoms with Crippen LogP contribution in [0.5, 0.6) is 5.75 Å². The molecule has 0 unspecified atom stereocenters. The Morgan fingerprint density at radius 1 is 1.48 bits per heavy atom. The number of hydrogen-bond acceptors (Lipinski definition) is 5. The lowest BCUT2D eigenvalue weighted by atomic mass is 10.2. The van der Waals surface area contributed by atoms with Gasteiger partial charge in [0.05, 0.1) is 1.37 Å². The molecule has 0 saturated carbocycles. The molecule has 3 rings (SSSR count). The minimum atomic E-state index is -0.351. The fraction of sp³-hybridized carbons (Fsp3) is 0.188. The van der Waals surface area contributed by atoms with Gasteiger partial charge < -0.3 is 4.74 Å². The first-order valence-corrected chi connectivity index (χ1v) is 7.65. The van der Waals surface area contributed by atoms with Gasteiger partial charge in [-0.25, -0.2) is 4.79 Å². The molecule has 0 fully saturated rings. The van der Waals surface area contributed by atoms with Crippen molar-refractivity contribution in [2.24, 2.45) is 7.05 Å². The normalized spacial score (nSPS) is 11.1. The Hall–Kier alpha value is -2.85. The SMILES string of the molecule is [3H]c1ccc(OCc2c(C#C)csc2-n2nnn(C)c2=O)c(C)c1. The van der Waals surface area contributed by atoms with Gasteiger partial charge in [0.2, 0.25) is 0 Å². The number of benzene rings is 1. The van der Waals surface area contributed by atoms with Gasteiger partial charge >= 0.3 is 5.69 Å². The quantitative estimate of drug-likeness (QED) is 0.686. The smallest absolute Gasteiger partial charge is 0.368 e. The number of rotatable bonds is 4. The Kier molecular flexibility index (Phi) is 3.66. The zero-order valence-electron chi connectivity index (χ0n) is 13.6. The largest absolute Gasteiger partial charge is 0.488 e. The molecular formula is C16H14N4O2S. The van der Waals surface area contributed by atoms with Gasteiger partial charge in [-0.1, -0.05) is 24.1 Å². The number of terminal acetylenes is 1. The van der Waals surface area contributed by atoms with Crippen LogP contribution in [0.1, 0.15) is 18.1 Å². The summed E-state index contributed by atoms with van der Waals surface area (Å²) in [5.41, 5.74) is 1.87. The van der Waals surface area contributed by atoms with Crippen LogP contribution in [0.25, 0.3) is 5.00 Å². The van der Waals surface area contributed by atoms with Crippen molar-refractivity contribution in [2.45, 2.75) is 13.5 Å². The van der Waals surface area contributed by atoms with Gasteiger partial charge in [-0.15, -0.1) is 22.4 Å². The van der Waals surface area contributed by atoms with E-state index in [1.165, 1.54) is 23.1 Å². The van der Waals surface area contributed by atoms with E-state index in [1.807, 2.05) is 6.92 Å². The second-order valence-corrected chi connectivity index (χ2v) is 5.71. The summed E-state index contributed by atoms with van der Waals surface area (Å²) < 4.78 is 15.8. The van der Waals surface area contributed by atoms with E-state index in [1.54, 1.807) is 23.6 Å². The summed E-state index contributed by atoms with van der Waals surface area (Å²) in [7, 11) is 1.53. The highest BCUT2D eigenvalue weighted by Crippen LogP contribution is 2.27. The number of thiophene rings is 1.